The number of piperidine rings is 1. The van der Waals surface area contributed by atoms with Crippen LogP contribution in [0.25, 0.3) is 0 Å². The largest absolute Gasteiger partial charge is 0.385 e. The highest BCUT2D eigenvalue weighted by atomic mass is 35.5. The van der Waals surface area contributed by atoms with Crippen LogP contribution in [-0.2, 0) is 5.60 Å². The molecule has 100 valence electrons. The van der Waals surface area contributed by atoms with Gasteiger partial charge in [-0.25, -0.2) is 0 Å². The van der Waals surface area contributed by atoms with Gasteiger partial charge >= 0.3 is 0 Å². The van der Waals surface area contributed by atoms with Crippen molar-refractivity contribution in [2.24, 2.45) is 0 Å². The molecule has 1 aromatic rings. The molecule has 2 rings (SSSR count). The van der Waals surface area contributed by atoms with E-state index in [2.05, 4.69) is 18.7 Å². The maximum Gasteiger partial charge on any atom is 0.0921 e. The minimum atomic E-state index is -0.680. The lowest BCUT2D eigenvalue weighted by molar-refractivity contribution is -0.0324. The van der Waals surface area contributed by atoms with Crippen molar-refractivity contribution in [3.8, 4) is 0 Å². The maximum atomic E-state index is 10.8. The summed E-state index contributed by atoms with van der Waals surface area (Å²) < 4.78 is 0. The second kappa shape index (κ2) is 5.20. The zero-order chi connectivity index (χ0) is 13.3. The van der Waals surface area contributed by atoms with Crippen molar-refractivity contribution in [1.82, 2.24) is 4.90 Å². The Bertz CT molecular complexity index is 423. The Morgan fingerprint density at radius 2 is 1.89 bits per heavy atom. The molecule has 1 saturated heterocycles. The molecule has 0 spiro atoms. The zero-order valence-electron chi connectivity index (χ0n) is 11.4. The van der Waals surface area contributed by atoms with Gasteiger partial charge in [-0.3, -0.25) is 0 Å². The van der Waals surface area contributed by atoms with Crippen molar-refractivity contribution in [2.75, 3.05) is 13.1 Å². The molecule has 0 saturated carbocycles. The summed E-state index contributed by atoms with van der Waals surface area (Å²) in [5.74, 6) is 0. The van der Waals surface area contributed by atoms with Crippen LogP contribution >= 0.6 is 11.6 Å². The van der Waals surface area contributed by atoms with Crippen molar-refractivity contribution in [3.63, 3.8) is 0 Å². The molecular formula is C15H22ClNO. The third-order valence-electron chi connectivity index (χ3n) is 4.05. The summed E-state index contributed by atoms with van der Waals surface area (Å²) in [6, 6.07) is 6.42. The molecule has 0 unspecified atom stereocenters. The molecule has 2 nitrogen and oxygen atoms in total. The van der Waals surface area contributed by atoms with Crippen LogP contribution in [0.4, 0.5) is 0 Å². The monoisotopic (exact) mass is 267 g/mol. The molecule has 3 heteroatoms. The van der Waals surface area contributed by atoms with Gasteiger partial charge in [0.25, 0.3) is 0 Å². The van der Waals surface area contributed by atoms with Crippen molar-refractivity contribution < 1.29 is 5.11 Å². The summed E-state index contributed by atoms with van der Waals surface area (Å²) in [6.45, 7) is 8.30. The normalized spacial score (nSPS) is 20.3. The fourth-order valence-electron chi connectivity index (χ4n) is 2.63. The van der Waals surface area contributed by atoms with Crippen LogP contribution in [0.2, 0.25) is 5.02 Å². The number of likely N-dealkylation sites (tertiary alicyclic amines) is 1. The first-order valence-corrected chi connectivity index (χ1v) is 7.03. The van der Waals surface area contributed by atoms with E-state index in [9.17, 15) is 5.11 Å². The third kappa shape index (κ3) is 2.71. The van der Waals surface area contributed by atoms with Crippen molar-refractivity contribution in [2.45, 2.75) is 45.3 Å². The van der Waals surface area contributed by atoms with Crippen LogP contribution in [0.3, 0.4) is 0 Å². The number of benzene rings is 1. The topological polar surface area (TPSA) is 23.5 Å². The third-order valence-corrected chi connectivity index (χ3v) is 4.47. The molecular weight excluding hydrogens is 246 g/mol. The van der Waals surface area contributed by atoms with Gasteiger partial charge in [0.2, 0.25) is 0 Å². The summed E-state index contributed by atoms with van der Waals surface area (Å²) >= 11 is 6.04. The second-order valence-corrected chi connectivity index (χ2v) is 6.03. The van der Waals surface area contributed by atoms with E-state index in [-0.39, 0.29) is 0 Å². The molecule has 1 aliphatic heterocycles. The molecule has 0 aliphatic carbocycles. The van der Waals surface area contributed by atoms with Gasteiger partial charge in [-0.15, -0.1) is 0 Å². The average molecular weight is 268 g/mol. The first-order valence-electron chi connectivity index (χ1n) is 6.65. The van der Waals surface area contributed by atoms with Crippen LogP contribution in [0.1, 0.15) is 37.8 Å². The second-order valence-electron chi connectivity index (χ2n) is 5.63. The summed E-state index contributed by atoms with van der Waals surface area (Å²) in [4.78, 5) is 2.41. The Kier molecular flexibility index (Phi) is 4.00. The van der Waals surface area contributed by atoms with Gasteiger partial charge in [-0.2, -0.15) is 0 Å². The fraction of sp³-hybridized carbons (Fsp3) is 0.600. The number of nitrogens with zero attached hydrogens (tertiary/aromatic N) is 1. The van der Waals surface area contributed by atoms with Crippen LogP contribution in [0.5, 0.6) is 0 Å². The predicted molar refractivity (Wildman–Crippen MR) is 76.0 cm³/mol. The van der Waals surface area contributed by atoms with E-state index < -0.39 is 5.60 Å². The lowest BCUT2D eigenvalue weighted by Gasteiger charge is -2.40. The minimum Gasteiger partial charge on any atom is -0.385 e. The molecule has 1 aromatic carbocycles. The number of hydrogen-bond acceptors (Lipinski definition) is 2. The van der Waals surface area contributed by atoms with Gasteiger partial charge in [0.1, 0.15) is 0 Å². The number of halogens is 1. The van der Waals surface area contributed by atoms with E-state index in [0.717, 1.165) is 42.1 Å². The van der Waals surface area contributed by atoms with Gasteiger partial charge < -0.3 is 10.0 Å². The summed E-state index contributed by atoms with van der Waals surface area (Å²) in [5, 5.41) is 11.6. The smallest absolute Gasteiger partial charge is 0.0921 e. The van der Waals surface area contributed by atoms with Gasteiger partial charge in [0, 0.05) is 24.2 Å². The van der Waals surface area contributed by atoms with E-state index in [4.69, 9.17) is 11.6 Å². The van der Waals surface area contributed by atoms with Gasteiger partial charge in [0.05, 0.1) is 5.60 Å². The predicted octanol–water partition coefficient (Wildman–Crippen LogP) is 3.34. The summed E-state index contributed by atoms with van der Waals surface area (Å²) in [7, 11) is 0. The highest BCUT2D eigenvalue weighted by Crippen LogP contribution is 2.34. The van der Waals surface area contributed by atoms with E-state index >= 15 is 0 Å². The summed E-state index contributed by atoms with van der Waals surface area (Å²) in [6.07, 6.45) is 1.60. The molecule has 0 radical (unpaired) electrons. The number of rotatable bonds is 2. The maximum absolute atomic E-state index is 10.8. The summed E-state index contributed by atoms with van der Waals surface area (Å²) in [5.41, 5.74) is 1.36. The Balaban J connectivity index is 2.15. The standard InChI is InChI=1S/C15H22ClNO/c1-11(2)17-8-6-15(18,7-9-17)13-4-5-14(16)12(3)10-13/h4-5,10-11,18H,6-9H2,1-3H3. The Labute approximate surface area is 115 Å². The van der Waals surface area contributed by atoms with Crippen molar-refractivity contribution in [3.05, 3.63) is 34.3 Å². The fourth-order valence-corrected chi connectivity index (χ4v) is 2.75. The van der Waals surface area contributed by atoms with E-state index in [0.29, 0.717) is 6.04 Å². The molecule has 1 heterocycles. The van der Waals surface area contributed by atoms with Crippen molar-refractivity contribution >= 4 is 11.6 Å². The lowest BCUT2D eigenvalue weighted by Crippen LogP contribution is -2.45. The molecule has 0 aromatic heterocycles. The molecule has 0 bridgehead atoms. The van der Waals surface area contributed by atoms with Gasteiger partial charge in [-0.1, -0.05) is 23.7 Å². The Hall–Kier alpha value is -0.570. The van der Waals surface area contributed by atoms with E-state index in [1.807, 2.05) is 25.1 Å². The van der Waals surface area contributed by atoms with Crippen LogP contribution in [-0.4, -0.2) is 29.1 Å². The van der Waals surface area contributed by atoms with Crippen molar-refractivity contribution in [1.29, 1.82) is 0 Å². The molecule has 1 N–H and O–H groups in total. The highest BCUT2D eigenvalue weighted by Gasteiger charge is 2.34. The highest BCUT2D eigenvalue weighted by molar-refractivity contribution is 6.31. The van der Waals surface area contributed by atoms with E-state index in [1.54, 1.807) is 0 Å². The Morgan fingerprint density at radius 1 is 1.28 bits per heavy atom. The first-order chi connectivity index (χ1) is 8.42. The molecule has 18 heavy (non-hydrogen) atoms. The molecule has 0 atom stereocenters. The first kappa shape index (κ1) is 13.9. The molecule has 0 amide bonds. The quantitative estimate of drug-likeness (QED) is 0.888. The number of hydrogen-bond donors (Lipinski definition) is 1. The van der Waals surface area contributed by atoms with Gasteiger partial charge in [-0.05, 0) is 50.8 Å². The zero-order valence-corrected chi connectivity index (χ0v) is 12.2. The number of aliphatic hydroxyl groups is 1. The van der Waals surface area contributed by atoms with Gasteiger partial charge in [0.15, 0.2) is 0 Å². The van der Waals surface area contributed by atoms with Crippen LogP contribution in [0, 0.1) is 6.92 Å². The average Bonchev–Trinajstić information content (AvgIpc) is 2.33. The van der Waals surface area contributed by atoms with E-state index in [1.165, 1.54) is 0 Å². The Morgan fingerprint density at radius 3 is 2.39 bits per heavy atom. The molecule has 1 aliphatic rings. The SMILES string of the molecule is Cc1cc(C2(O)CCN(C(C)C)CC2)ccc1Cl. The van der Waals surface area contributed by atoms with Crippen LogP contribution < -0.4 is 0 Å². The molecule has 1 fully saturated rings. The van der Waals surface area contributed by atoms with Crippen LogP contribution in [0.15, 0.2) is 18.2 Å². The lowest BCUT2D eigenvalue weighted by atomic mass is 9.83. The number of aryl methyl sites for hydroxylation is 1. The minimum absolute atomic E-state index is 0.557.